The fourth-order valence-electron chi connectivity index (χ4n) is 0.804. The molecule has 0 saturated heterocycles. The topological polar surface area (TPSA) is 71.8 Å². The molecule has 0 saturated carbocycles. The number of likely N-dealkylation sites (N-methyl/N-ethyl adjacent to an activating group) is 1. The molecule has 0 bridgehead atoms. The highest BCUT2D eigenvalue weighted by Crippen LogP contribution is 1.96. The molecule has 1 aromatic rings. The van der Waals surface area contributed by atoms with Crippen molar-refractivity contribution < 1.29 is 4.79 Å². The lowest BCUT2D eigenvalue weighted by atomic mass is 10.5. The summed E-state index contributed by atoms with van der Waals surface area (Å²) in [6.07, 6.45) is 1.53. The van der Waals surface area contributed by atoms with Crippen molar-refractivity contribution >= 4 is 11.9 Å². The van der Waals surface area contributed by atoms with Gasteiger partial charge in [-0.05, 0) is 6.54 Å². The summed E-state index contributed by atoms with van der Waals surface area (Å²) in [5.74, 6) is 0.348. The molecule has 6 heteroatoms. The largest absolute Gasteiger partial charge is 0.309 e. The molecule has 0 spiro atoms. The summed E-state index contributed by atoms with van der Waals surface area (Å²) in [5, 5.41) is 12.9. The molecule has 0 radical (unpaired) electrons. The standard InChI is InChI=1S/C7H13N5O/c1-3-8-4-6(13)10-7-11-9-5-12(7)2/h5,8H,3-4H2,1-2H3,(H,10,11,13). The Morgan fingerprint density at radius 2 is 2.46 bits per heavy atom. The average Bonchev–Trinajstić information content (AvgIpc) is 2.48. The van der Waals surface area contributed by atoms with E-state index < -0.39 is 0 Å². The predicted molar refractivity (Wildman–Crippen MR) is 48.2 cm³/mol. The minimum atomic E-state index is -0.113. The number of carbonyl (C=O) groups excluding carboxylic acids is 1. The van der Waals surface area contributed by atoms with Crippen LogP contribution in [0.15, 0.2) is 6.33 Å². The number of carbonyl (C=O) groups is 1. The number of amides is 1. The van der Waals surface area contributed by atoms with Crippen LogP contribution in [0.5, 0.6) is 0 Å². The molecule has 0 aliphatic carbocycles. The van der Waals surface area contributed by atoms with Gasteiger partial charge in [0.15, 0.2) is 0 Å². The fourth-order valence-corrected chi connectivity index (χ4v) is 0.804. The van der Waals surface area contributed by atoms with Crippen molar-refractivity contribution in [3.8, 4) is 0 Å². The van der Waals surface area contributed by atoms with Crippen molar-refractivity contribution in [3.63, 3.8) is 0 Å². The number of nitrogens with one attached hydrogen (secondary N) is 2. The van der Waals surface area contributed by atoms with Gasteiger partial charge in [0, 0.05) is 7.05 Å². The van der Waals surface area contributed by atoms with Crippen LogP contribution in [0.4, 0.5) is 5.95 Å². The SMILES string of the molecule is CCNCC(=O)Nc1nncn1C. The lowest BCUT2D eigenvalue weighted by Crippen LogP contribution is -2.28. The molecule has 1 rings (SSSR count). The summed E-state index contributed by atoms with van der Waals surface area (Å²) < 4.78 is 1.64. The maximum atomic E-state index is 11.2. The maximum Gasteiger partial charge on any atom is 0.240 e. The molecule has 0 aliphatic heterocycles. The maximum absolute atomic E-state index is 11.2. The third-order valence-electron chi connectivity index (χ3n) is 1.50. The first kappa shape index (κ1) is 9.66. The minimum Gasteiger partial charge on any atom is -0.309 e. The van der Waals surface area contributed by atoms with Crippen LogP contribution in [0.1, 0.15) is 6.92 Å². The molecule has 1 aromatic heterocycles. The molecule has 0 unspecified atom stereocenters. The molecule has 0 aromatic carbocycles. The van der Waals surface area contributed by atoms with Crippen molar-refractivity contribution in [2.45, 2.75) is 6.92 Å². The number of hydrogen-bond donors (Lipinski definition) is 2. The first-order chi connectivity index (χ1) is 6.24. The number of anilines is 1. The zero-order chi connectivity index (χ0) is 9.68. The highest BCUT2D eigenvalue weighted by molar-refractivity contribution is 5.90. The molecule has 72 valence electrons. The number of aryl methyl sites for hydroxylation is 1. The van der Waals surface area contributed by atoms with E-state index in [1.807, 2.05) is 6.92 Å². The van der Waals surface area contributed by atoms with E-state index >= 15 is 0 Å². The van der Waals surface area contributed by atoms with Gasteiger partial charge in [-0.1, -0.05) is 6.92 Å². The van der Waals surface area contributed by atoms with Crippen molar-refractivity contribution in [2.75, 3.05) is 18.4 Å². The van der Waals surface area contributed by atoms with Crippen LogP contribution in [-0.2, 0) is 11.8 Å². The second kappa shape index (κ2) is 4.56. The van der Waals surface area contributed by atoms with Crippen LogP contribution in [0.25, 0.3) is 0 Å². The molecule has 1 heterocycles. The predicted octanol–water partition coefficient (Wildman–Crippen LogP) is -0.637. The van der Waals surface area contributed by atoms with Gasteiger partial charge < -0.3 is 9.88 Å². The van der Waals surface area contributed by atoms with Crippen LogP contribution in [-0.4, -0.2) is 33.8 Å². The van der Waals surface area contributed by atoms with Crippen molar-refractivity contribution in [1.29, 1.82) is 0 Å². The minimum absolute atomic E-state index is 0.113. The van der Waals surface area contributed by atoms with Crippen LogP contribution in [0.2, 0.25) is 0 Å². The van der Waals surface area contributed by atoms with Crippen LogP contribution >= 0.6 is 0 Å². The Morgan fingerprint density at radius 3 is 3.00 bits per heavy atom. The molecule has 1 amide bonds. The summed E-state index contributed by atoms with van der Waals surface area (Å²) in [6, 6.07) is 0. The number of aromatic nitrogens is 3. The molecular weight excluding hydrogens is 170 g/mol. The van der Waals surface area contributed by atoms with E-state index in [0.717, 1.165) is 6.54 Å². The molecule has 13 heavy (non-hydrogen) atoms. The van der Waals surface area contributed by atoms with Crippen molar-refractivity contribution in [2.24, 2.45) is 7.05 Å². The second-order valence-electron chi connectivity index (χ2n) is 2.59. The van der Waals surface area contributed by atoms with Crippen molar-refractivity contribution in [3.05, 3.63) is 6.33 Å². The molecule has 2 N–H and O–H groups in total. The van der Waals surface area contributed by atoms with Gasteiger partial charge in [-0.15, -0.1) is 10.2 Å². The first-order valence-electron chi connectivity index (χ1n) is 4.08. The Hall–Kier alpha value is -1.43. The van der Waals surface area contributed by atoms with Gasteiger partial charge in [0.05, 0.1) is 6.54 Å². The van der Waals surface area contributed by atoms with Crippen LogP contribution in [0.3, 0.4) is 0 Å². The Bertz CT molecular complexity index is 282. The van der Waals surface area contributed by atoms with Gasteiger partial charge in [0.2, 0.25) is 11.9 Å². The number of nitrogens with zero attached hydrogens (tertiary/aromatic N) is 3. The van der Waals surface area contributed by atoms with Crippen LogP contribution < -0.4 is 10.6 Å². The molecule has 0 atom stereocenters. The third kappa shape index (κ3) is 2.83. The molecular formula is C7H13N5O. The Balaban J connectivity index is 2.41. The van der Waals surface area contributed by atoms with E-state index in [4.69, 9.17) is 0 Å². The zero-order valence-electron chi connectivity index (χ0n) is 7.74. The fraction of sp³-hybridized carbons (Fsp3) is 0.571. The van der Waals surface area contributed by atoms with E-state index in [1.54, 1.807) is 11.6 Å². The Morgan fingerprint density at radius 1 is 1.69 bits per heavy atom. The highest BCUT2D eigenvalue weighted by atomic mass is 16.2. The van der Waals surface area contributed by atoms with E-state index in [1.165, 1.54) is 6.33 Å². The van der Waals surface area contributed by atoms with Gasteiger partial charge in [0.25, 0.3) is 0 Å². The van der Waals surface area contributed by atoms with E-state index in [9.17, 15) is 4.79 Å². The first-order valence-corrected chi connectivity index (χ1v) is 4.08. The highest BCUT2D eigenvalue weighted by Gasteiger charge is 2.04. The summed E-state index contributed by atoms with van der Waals surface area (Å²) in [5.41, 5.74) is 0. The Labute approximate surface area is 76.3 Å². The van der Waals surface area contributed by atoms with E-state index in [2.05, 4.69) is 20.8 Å². The van der Waals surface area contributed by atoms with Gasteiger partial charge in [-0.25, -0.2) is 0 Å². The lowest BCUT2D eigenvalue weighted by molar-refractivity contribution is -0.115. The summed E-state index contributed by atoms with van der Waals surface area (Å²) in [6.45, 7) is 3.01. The smallest absolute Gasteiger partial charge is 0.240 e. The number of hydrogen-bond acceptors (Lipinski definition) is 4. The monoisotopic (exact) mass is 183 g/mol. The molecule has 0 aliphatic rings. The van der Waals surface area contributed by atoms with Crippen molar-refractivity contribution in [1.82, 2.24) is 20.1 Å². The van der Waals surface area contributed by atoms with Gasteiger partial charge >= 0.3 is 0 Å². The third-order valence-corrected chi connectivity index (χ3v) is 1.50. The summed E-state index contributed by atoms with van der Waals surface area (Å²) in [4.78, 5) is 11.2. The summed E-state index contributed by atoms with van der Waals surface area (Å²) in [7, 11) is 1.77. The van der Waals surface area contributed by atoms with E-state index in [-0.39, 0.29) is 5.91 Å². The normalized spacial score (nSPS) is 10.0. The second-order valence-corrected chi connectivity index (χ2v) is 2.59. The lowest BCUT2D eigenvalue weighted by Gasteiger charge is -2.03. The zero-order valence-corrected chi connectivity index (χ0v) is 7.74. The number of rotatable bonds is 4. The average molecular weight is 183 g/mol. The quantitative estimate of drug-likeness (QED) is 0.651. The molecule has 0 fully saturated rings. The van der Waals surface area contributed by atoms with E-state index in [0.29, 0.717) is 12.5 Å². The summed E-state index contributed by atoms with van der Waals surface area (Å²) >= 11 is 0. The van der Waals surface area contributed by atoms with Crippen LogP contribution in [0, 0.1) is 0 Å². The van der Waals surface area contributed by atoms with Gasteiger partial charge in [-0.3, -0.25) is 10.1 Å². The Kier molecular flexibility index (Phi) is 3.39. The van der Waals surface area contributed by atoms with Gasteiger partial charge in [-0.2, -0.15) is 0 Å². The van der Waals surface area contributed by atoms with Gasteiger partial charge in [0.1, 0.15) is 6.33 Å². The molecule has 6 nitrogen and oxygen atoms in total.